The van der Waals surface area contributed by atoms with Gasteiger partial charge in [-0.05, 0) is 87.1 Å². The van der Waals surface area contributed by atoms with E-state index in [0.717, 1.165) is 50.1 Å². The molecule has 9 rings (SSSR count). The molecule has 226 valence electrons. The van der Waals surface area contributed by atoms with Gasteiger partial charge >= 0.3 is 0 Å². The van der Waals surface area contributed by atoms with E-state index in [4.69, 9.17) is 4.42 Å². The first-order chi connectivity index (χ1) is 23.8. The van der Waals surface area contributed by atoms with Gasteiger partial charge in [0.2, 0.25) is 0 Å². The Morgan fingerprint density at radius 1 is 0.375 bits per heavy atom. The maximum Gasteiger partial charge on any atom is 0.145 e. The second kappa shape index (κ2) is 11.8. The van der Waals surface area contributed by atoms with Gasteiger partial charge in [0, 0.05) is 22.3 Å². The fourth-order valence-electron chi connectivity index (χ4n) is 6.87. The summed E-state index contributed by atoms with van der Waals surface area (Å²) in [6.07, 6.45) is 0. The third-order valence-electron chi connectivity index (χ3n) is 9.27. The van der Waals surface area contributed by atoms with Crippen molar-refractivity contribution in [3.63, 3.8) is 0 Å². The van der Waals surface area contributed by atoms with Crippen molar-refractivity contribution < 1.29 is 4.42 Å². The molecule has 2 heteroatoms. The Labute approximate surface area is 279 Å². The fourth-order valence-corrected chi connectivity index (χ4v) is 6.87. The van der Waals surface area contributed by atoms with Gasteiger partial charge in [-0.15, -0.1) is 0 Å². The molecule has 0 N–H and O–H groups in total. The summed E-state index contributed by atoms with van der Waals surface area (Å²) < 4.78 is 6.70. The van der Waals surface area contributed by atoms with Gasteiger partial charge in [0.1, 0.15) is 11.2 Å². The highest BCUT2D eigenvalue weighted by atomic mass is 16.3. The summed E-state index contributed by atoms with van der Waals surface area (Å²) in [5, 5.41) is 4.63. The molecule has 0 fully saturated rings. The van der Waals surface area contributed by atoms with Crippen LogP contribution in [0.15, 0.2) is 192 Å². The Balaban J connectivity index is 1.18. The van der Waals surface area contributed by atoms with Crippen molar-refractivity contribution >= 4 is 49.8 Å². The lowest BCUT2D eigenvalue weighted by Gasteiger charge is -2.27. The number of furan rings is 1. The van der Waals surface area contributed by atoms with Crippen molar-refractivity contribution in [1.82, 2.24) is 0 Å². The Morgan fingerprint density at radius 2 is 0.917 bits per heavy atom. The molecule has 48 heavy (non-hydrogen) atoms. The van der Waals surface area contributed by atoms with Crippen molar-refractivity contribution in [3.8, 4) is 33.4 Å². The van der Waals surface area contributed by atoms with Crippen LogP contribution in [0.2, 0.25) is 0 Å². The van der Waals surface area contributed by atoms with E-state index in [1.165, 1.54) is 33.0 Å². The minimum atomic E-state index is 0.879. The molecule has 0 aliphatic heterocycles. The molecule has 0 saturated heterocycles. The number of fused-ring (bicyclic) bond motifs is 4. The molecule has 0 bridgehead atoms. The van der Waals surface area contributed by atoms with Crippen LogP contribution in [0.3, 0.4) is 0 Å². The van der Waals surface area contributed by atoms with Gasteiger partial charge in [0.15, 0.2) is 0 Å². The van der Waals surface area contributed by atoms with Crippen LogP contribution < -0.4 is 4.90 Å². The zero-order chi connectivity index (χ0) is 31.9. The molecule has 0 atom stereocenters. The number of anilines is 3. The molecule has 0 aliphatic rings. The van der Waals surface area contributed by atoms with Crippen molar-refractivity contribution in [2.75, 3.05) is 4.90 Å². The minimum Gasteiger partial charge on any atom is -0.455 e. The molecule has 1 aromatic heterocycles. The zero-order valence-corrected chi connectivity index (χ0v) is 26.3. The monoisotopic (exact) mass is 613 g/mol. The Kier molecular flexibility index (Phi) is 6.84. The number of nitrogens with zero attached hydrogens (tertiary/aromatic N) is 1. The Hall–Kier alpha value is -6.38. The van der Waals surface area contributed by atoms with Gasteiger partial charge in [-0.25, -0.2) is 0 Å². The highest BCUT2D eigenvalue weighted by Gasteiger charge is 2.22. The predicted molar refractivity (Wildman–Crippen MR) is 202 cm³/mol. The molecule has 1 heterocycles. The summed E-state index contributed by atoms with van der Waals surface area (Å²) in [6.45, 7) is 0. The molecule has 0 amide bonds. The Bertz CT molecular complexity index is 2530. The van der Waals surface area contributed by atoms with Crippen molar-refractivity contribution in [1.29, 1.82) is 0 Å². The zero-order valence-electron chi connectivity index (χ0n) is 26.3. The van der Waals surface area contributed by atoms with E-state index >= 15 is 0 Å². The molecule has 9 aromatic rings. The lowest BCUT2D eigenvalue weighted by Crippen LogP contribution is -2.10. The number of hydrogen-bond donors (Lipinski definition) is 0. The molecule has 0 aliphatic carbocycles. The first kappa shape index (κ1) is 27.9. The quantitative estimate of drug-likeness (QED) is 0.185. The summed E-state index contributed by atoms with van der Waals surface area (Å²) in [5.41, 5.74) is 12.0. The molecular formula is C46H31NO. The molecule has 8 aromatic carbocycles. The minimum absolute atomic E-state index is 0.879. The molecular weight excluding hydrogens is 583 g/mol. The van der Waals surface area contributed by atoms with Crippen LogP contribution in [0.4, 0.5) is 17.1 Å². The number of benzene rings is 8. The number of para-hydroxylation sites is 2. The van der Waals surface area contributed by atoms with Crippen LogP contribution in [0.5, 0.6) is 0 Å². The topological polar surface area (TPSA) is 16.4 Å². The van der Waals surface area contributed by atoms with Crippen LogP contribution in [-0.4, -0.2) is 0 Å². The maximum absolute atomic E-state index is 6.70. The van der Waals surface area contributed by atoms with E-state index in [9.17, 15) is 0 Å². The summed E-state index contributed by atoms with van der Waals surface area (Å²) >= 11 is 0. The molecule has 0 unspecified atom stereocenters. The second-order valence-corrected chi connectivity index (χ2v) is 12.2. The summed E-state index contributed by atoms with van der Waals surface area (Å²) in [6, 6.07) is 66.8. The van der Waals surface area contributed by atoms with Gasteiger partial charge in [0.25, 0.3) is 0 Å². The van der Waals surface area contributed by atoms with Crippen LogP contribution >= 0.6 is 0 Å². The standard InChI is InChI=1S/C46H31NO/c1-3-11-32(12-4-1)34-19-21-35(22-20-34)36-25-27-40(28-26-36)47(39-15-5-2-6-16-39)43-30-29-41(38-24-23-33-13-7-8-14-37(33)31-38)46-45(43)42-17-9-10-18-44(42)48-46/h1-31H. The number of hydrogen-bond acceptors (Lipinski definition) is 2. The van der Waals surface area contributed by atoms with E-state index in [-0.39, 0.29) is 0 Å². The summed E-state index contributed by atoms with van der Waals surface area (Å²) in [7, 11) is 0. The van der Waals surface area contributed by atoms with Crippen molar-refractivity contribution in [2.24, 2.45) is 0 Å². The number of rotatable bonds is 6. The van der Waals surface area contributed by atoms with E-state index in [1.807, 2.05) is 6.07 Å². The normalized spacial score (nSPS) is 11.3. The van der Waals surface area contributed by atoms with Gasteiger partial charge in [0.05, 0.1) is 11.1 Å². The van der Waals surface area contributed by atoms with Gasteiger partial charge in [-0.1, -0.05) is 140 Å². The highest BCUT2D eigenvalue weighted by molar-refractivity contribution is 6.17. The molecule has 0 saturated carbocycles. The first-order valence-corrected chi connectivity index (χ1v) is 16.3. The van der Waals surface area contributed by atoms with E-state index < -0.39 is 0 Å². The first-order valence-electron chi connectivity index (χ1n) is 16.3. The summed E-state index contributed by atoms with van der Waals surface area (Å²) in [4.78, 5) is 2.34. The highest BCUT2D eigenvalue weighted by Crippen LogP contribution is 2.46. The second-order valence-electron chi connectivity index (χ2n) is 12.2. The van der Waals surface area contributed by atoms with Gasteiger partial charge in [-0.2, -0.15) is 0 Å². The molecule has 2 nitrogen and oxygen atoms in total. The lowest BCUT2D eigenvalue weighted by atomic mass is 9.97. The molecule has 0 radical (unpaired) electrons. The average Bonchev–Trinajstić information content (AvgIpc) is 3.56. The van der Waals surface area contributed by atoms with Crippen molar-refractivity contribution in [2.45, 2.75) is 0 Å². The van der Waals surface area contributed by atoms with Crippen LogP contribution in [0.1, 0.15) is 0 Å². The van der Waals surface area contributed by atoms with Crippen LogP contribution in [0, 0.1) is 0 Å². The fraction of sp³-hybridized carbons (Fsp3) is 0. The third kappa shape index (κ3) is 4.92. The molecule has 0 spiro atoms. The van der Waals surface area contributed by atoms with E-state index in [0.29, 0.717) is 0 Å². The van der Waals surface area contributed by atoms with Crippen molar-refractivity contribution in [3.05, 3.63) is 188 Å². The van der Waals surface area contributed by atoms with Crippen LogP contribution in [-0.2, 0) is 0 Å². The SMILES string of the molecule is c1ccc(-c2ccc(-c3ccc(N(c4ccccc4)c4ccc(-c5ccc6ccccc6c5)c5oc6ccccc6c45)cc3)cc2)cc1. The maximum atomic E-state index is 6.70. The largest absolute Gasteiger partial charge is 0.455 e. The van der Waals surface area contributed by atoms with E-state index in [1.54, 1.807) is 0 Å². The van der Waals surface area contributed by atoms with Gasteiger partial charge in [-0.3, -0.25) is 0 Å². The lowest BCUT2D eigenvalue weighted by molar-refractivity contribution is 0.670. The third-order valence-corrected chi connectivity index (χ3v) is 9.27. The summed E-state index contributed by atoms with van der Waals surface area (Å²) in [5.74, 6) is 0. The predicted octanol–water partition coefficient (Wildman–Crippen LogP) is 13.2. The van der Waals surface area contributed by atoms with Crippen LogP contribution in [0.25, 0.3) is 66.1 Å². The average molecular weight is 614 g/mol. The Morgan fingerprint density at radius 3 is 1.65 bits per heavy atom. The van der Waals surface area contributed by atoms with Gasteiger partial charge < -0.3 is 9.32 Å². The smallest absolute Gasteiger partial charge is 0.145 e. The van der Waals surface area contributed by atoms with E-state index in [2.05, 4.69) is 187 Å².